The zero-order chi connectivity index (χ0) is 9.52. The van der Waals surface area contributed by atoms with Crippen molar-refractivity contribution in [2.75, 3.05) is 13.2 Å². The van der Waals surface area contributed by atoms with E-state index in [1.807, 2.05) is 0 Å². The highest BCUT2D eigenvalue weighted by atomic mass is 16.7. The van der Waals surface area contributed by atoms with Gasteiger partial charge >= 0.3 is 0 Å². The lowest BCUT2D eigenvalue weighted by Gasteiger charge is -2.27. The Morgan fingerprint density at radius 1 is 1.08 bits per heavy atom. The maximum absolute atomic E-state index is 5.55. The molecular weight excluding hydrogens is 164 g/mol. The summed E-state index contributed by atoms with van der Waals surface area (Å²) in [6.45, 7) is 6.14. The monoisotopic (exact) mass is 186 g/mol. The Balaban J connectivity index is 1.96. The van der Waals surface area contributed by atoms with Gasteiger partial charge in [0.25, 0.3) is 0 Å². The zero-order valence-electron chi connectivity index (χ0n) is 8.92. The molecule has 1 aliphatic heterocycles. The van der Waals surface area contributed by atoms with Gasteiger partial charge in [-0.15, -0.1) is 0 Å². The van der Waals surface area contributed by atoms with E-state index < -0.39 is 0 Å². The van der Waals surface area contributed by atoms with Crippen molar-refractivity contribution in [3.63, 3.8) is 0 Å². The van der Waals surface area contributed by atoms with E-state index in [9.17, 15) is 0 Å². The van der Waals surface area contributed by atoms with E-state index >= 15 is 0 Å². The van der Waals surface area contributed by atoms with Crippen molar-refractivity contribution >= 4 is 0 Å². The van der Waals surface area contributed by atoms with Crippen LogP contribution in [-0.4, -0.2) is 19.5 Å². The molecule has 0 bridgehead atoms. The molecule has 0 aromatic carbocycles. The molecule has 1 rings (SSSR count). The topological polar surface area (TPSA) is 18.5 Å². The minimum absolute atomic E-state index is 0.0908. The van der Waals surface area contributed by atoms with Gasteiger partial charge in [0.15, 0.2) is 6.29 Å². The van der Waals surface area contributed by atoms with Crippen molar-refractivity contribution in [1.29, 1.82) is 0 Å². The van der Waals surface area contributed by atoms with Crippen molar-refractivity contribution in [2.24, 2.45) is 5.92 Å². The Morgan fingerprint density at radius 3 is 2.38 bits per heavy atom. The molecule has 0 unspecified atom stereocenters. The third kappa shape index (κ3) is 4.63. The van der Waals surface area contributed by atoms with E-state index in [2.05, 4.69) is 13.8 Å². The van der Waals surface area contributed by atoms with Crippen LogP contribution < -0.4 is 0 Å². The van der Waals surface area contributed by atoms with Crippen LogP contribution in [0.15, 0.2) is 0 Å². The Morgan fingerprint density at radius 2 is 1.77 bits per heavy atom. The molecule has 0 amide bonds. The first-order valence-electron chi connectivity index (χ1n) is 5.56. The van der Waals surface area contributed by atoms with Crippen LogP contribution in [0.3, 0.4) is 0 Å². The molecule has 1 heterocycles. The van der Waals surface area contributed by atoms with Gasteiger partial charge in [0.2, 0.25) is 0 Å². The molecule has 0 atom stereocenters. The largest absolute Gasteiger partial charge is 0.352 e. The predicted molar refractivity (Wildman–Crippen MR) is 53.6 cm³/mol. The SMILES string of the molecule is CCCCCCC1OCC(C)CO1. The van der Waals surface area contributed by atoms with Crippen LogP contribution in [0.25, 0.3) is 0 Å². The second-order valence-electron chi connectivity index (χ2n) is 4.05. The van der Waals surface area contributed by atoms with Gasteiger partial charge in [-0.25, -0.2) is 0 Å². The number of rotatable bonds is 5. The summed E-state index contributed by atoms with van der Waals surface area (Å²) in [4.78, 5) is 0. The van der Waals surface area contributed by atoms with E-state index in [1.165, 1.54) is 25.7 Å². The van der Waals surface area contributed by atoms with Crippen LogP contribution in [0.2, 0.25) is 0 Å². The van der Waals surface area contributed by atoms with E-state index in [-0.39, 0.29) is 6.29 Å². The minimum Gasteiger partial charge on any atom is -0.352 e. The summed E-state index contributed by atoms with van der Waals surface area (Å²) in [6, 6.07) is 0. The smallest absolute Gasteiger partial charge is 0.157 e. The van der Waals surface area contributed by atoms with Gasteiger partial charge in [-0.1, -0.05) is 33.1 Å². The molecule has 0 N–H and O–H groups in total. The molecule has 0 aromatic rings. The first-order chi connectivity index (χ1) is 6.33. The quantitative estimate of drug-likeness (QED) is 0.614. The minimum atomic E-state index is 0.0908. The maximum atomic E-state index is 5.55. The lowest BCUT2D eigenvalue weighted by atomic mass is 10.1. The molecule has 1 saturated heterocycles. The second kappa shape index (κ2) is 6.39. The van der Waals surface area contributed by atoms with E-state index in [1.54, 1.807) is 0 Å². The van der Waals surface area contributed by atoms with Crippen molar-refractivity contribution in [2.45, 2.75) is 52.2 Å². The molecule has 13 heavy (non-hydrogen) atoms. The summed E-state index contributed by atoms with van der Waals surface area (Å²) in [7, 11) is 0. The van der Waals surface area contributed by atoms with Gasteiger partial charge in [-0.05, 0) is 12.8 Å². The van der Waals surface area contributed by atoms with Gasteiger partial charge in [0.1, 0.15) is 0 Å². The Labute approximate surface area is 81.6 Å². The third-order valence-electron chi connectivity index (χ3n) is 2.43. The van der Waals surface area contributed by atoms with Crippen LogP contribution in [0.4, 0.5) is 0 Å². The highest BCUT2D eigenvalue weighted by molar-refractivity contribution is 4.58. The van der Waals surface area contributed by atoms with Crippen LogP contribution in [0.1, 0.15) is 46.0 Å². The molecule has 2 nitrogen and oxygen atoms in total. The van der Waals surface area contributed by atoms with Crippen LogP contribution in [-0.2, 0) is 9.47 Å². The molecular formula is C11H22O2. The molecule has 1 fully saturated rings. The average Bonchev–Trinajstić information content (AvgIpc) is 2.15. The summed E-state index contributed by atoms with van der Waals surface area (Å²) in [5, 5.41) is 0. The number of hydrogen-bond donors (Lipinski definition) is 0. The van der Waals surface area contributed by atoms with Gasteiger partial charge in [-0.3, -0.25) is 0 Å². The second-order valence-corrected chi connectivity index (χ2v) is 4.05. The molecule has 0 radical (unpaired) electrons. The van der Waals surface area contributed by atoms with Crippen molar-refractivity contribution in [3.05, 3.63) is 0 Å². The summed E-state index contributed by atoms with van der Waals surface area (Å²) >= 11 is 0. The lowest BCUT2D eigenvalue weighted by molar-refractivity contribution is -0.200. The summed E-state index contributed by atoms with van der Waals surface area (Å²) in [6.07, 6.45) is 6.36. The fourth-order valence-electron chi connectivity index (χ4n) is 1.54. The van der Waals surface area contributed by atoms with Gasteiger partial charge in [0, 0.05) is 5.92 Å². The zero-order valence-corrected chi connectivity index (χ0v) is 8.92. The van der Waals surface area contributed by atoms with Crippen molar-refractivity contribution < 1.29 is 9.47 Å². The lowest BCUT2D eigenvalue weighted by Crippen LogP contribution is -2.30. The first kappa shape index (κ1) is 11.0. The maximum Gasteiger partial charge on any atom is 0.157 e. The summed E-state index contributed by atoms with van der Waals surface area (Å²) in [5.41, 5.74) is 0. The molecule has 2 heteroatoms. The summed E-state index contributed by atoms with van der Waals surface area (Å²) in [5.74, 6) is 0.576. The molecule has 0 aromatic heterocycles. The third-order valence-corrected chi connectivity index (χ3v) is 2.43. The van der Waals surface area contributed by atoms with Gasteiger partial charge < -0.3 is 9.47 Å². The van der Waals surface area contributed by atoms with Crippen molar-refractivity contribution in [1.82, 2.24) is 0 Å². The molecule has 1 aliphatic rings. The van der Waals surface area contributed by atoms with Crippen LogP contribution in [0.5, 0.6) is 0 Å². The molecule has 0 saturated carbocycles. The predicted octanol–water partition coefficient (Wildman–Crippen LogP) is 2.97. The Bertz CT molecular complexity index is 117. The number of unbranched alkanes of at least 4 members (excludes halogenated alkanes) is 3. The Hall–Kier alpha value is -0.0800. The van der Waals surface area contributed by atoms with E-state index in [0.717, 1.165) is 19.6 Å². The number of ether oxygens (including phenoxy) is 2. The summed E-state index contributed by atoms with van der Waals surface area (Å²) < 4.78 is 11.1. The van der Waals surface area contributed by atoms with Crippen LogP contribution in [0, 0.1) is 5.92 Å². The van der Waals surface area contributed by atoms with Gasteiger partial charge in [-0.2, -0.15) is 0 Å². The Kier molecular flexibility index (Phi) is 5.40. The average molecular weight is 186 g/mol. The fourth-order valence-corrected chi connectivity index (χ4v) is 1.54. The normalized spacial score (nSPS) is 29.1. The fraction of sp³-hybridized carbons (Fsp3) is 1.00. The molecule has 0 spiro atoms. The first-order valence-corrected chi connectivity index (χ1v) is 5.56. The van der Waals surface area contributed by atoms with Crippen LogP contribution >= 0.6 is 0 Å². The van der Waals surface area contributed by atoms with Crippen molar-refractivity contribution in [3.8, 4) is 0 Å². The van der Waals surface area contributed by atoms with E-state index in [4.69, 9.17) is 9.47 Å². The molecule has 0 aliphatic carbocycles. The number of hydrogen-bond acceptors (Lipinski definition) is 2. The van der Waals surface area contributed by atoms with Gasteiger partial charge in [0.05, 0.1) is 13.2 Å². The van der Waals surface area contributed by atoms with E-state index in [0.29, 0.717) is 5.92 Å². The highest BCUT2D eigenvalue weighted by Crippen LogP contribution is 2.15. The highest BCUT2D eigenvalue weighted by Gasteiger charge is 2.17. The standard InChI is InChI=1S/C11H22O2/c1-3-4-5-6-7-11-12-8-10(2)9-13-11/h10-11H,3-9H2,1-2H3. The molecule has 78 valence electrons.